The third-order valence-electron chi connectivity index (χ3n) is 2.54. The van der Waals surface area contributed by atoms with Crippen molar-refractivity contribution in [2.45, 2.75) is 6.42 Å². The van der Waals surface area contributed by atoms with Gasteiger partial charge in [-0.2, -0.15) is 0 Å². The lowest BCUT2D eigenvalue weighted by atomic mass is 10.3. The lowest BCUT2D eigenvalue weighted by molar-refractivity contribution is 0.789. The molecule has 90 valence electrons. The first-order valence-corrected chi connectivity index (χ1v) is 6.49. The lowest BCUT2D eigenvalue weighted by Crippen LogP contribution is -2.08. The number of nitrogens with zero attached hydrogens (tertiary/aromatic N) is 2. The van der Waals surface area contributed by atoms with Gasteiger partial charge >= 0.3 is 0 Å². The van der Waals surface area contributed by atoms with Crippen LogP contribution < -0.4 is 5.32 Å². The zero-order valence-electron chi connectivity index (χ0n) is 9.45. The second-order valence-corrected chi connectivity index (χ2v) is 4.93. The minimum Gasteiger partial charge on any atom is -0.384 e. The summed E-state index contributed by atoms with van der Waals surface area (Å²) in [6, 6.07) is 5.78. The normalized spacial score (nSPS) is 10.5. The summed E-state index contributed by atoms with van der Waals surface area (Å²) in [6.07, 6.45) is 4.64. The number of aromatic nitrogens is 2. The van der Waals surface area contributed by atoms with Gasteiger partial charge in [-0.3, -0.25) is 0 Å². The van der Waals surface area contributed by atoms with Gasteiger partial charge in [0, 0.05) is 38.1 Å². The van der Waals surface area contributed by atoms with Gasteiger partial charge in [0.15, 0.2) is 0 Å². The summed E-state index contributed by atoms with van der Waals surface area (Å²) in [4.78, 5) is 4.27. The highest BCUT2D eigenvalue weighted by atomic mass is 79.9. The van der Waals surface area contributed by atoms with Crippen LogP contribution in [-0.2, 0) is 13.5 Å². The lowest BCUT2D eigenvalue weighted by Gasteiger charge is -2.09. The molecule has 2 aromatic rings. The molecule has 17 heavy (non-hydrogen) atoms. The van der Waals surface area contributed by atoms with E-state index in [1.54, 1.807) is 0 Å². The molecule has 0 bridgehead atoms. The molecule has 1 aromatic carbocycles. The quantitative estimate of drug-likeness (QED) is 0.936. The molecule has 0 unspecified atom stereocenters. The van der Waals surface area contributed by atoms with Gasteiger partial charge in [-0.1, -0.05) is 17.7 Å². The number of imidazole rings is 1. The topological polar surface area (TPSA) is 29.9 Å². The Bertz CT molecular complexity index is 510. The maximum atomic E-state index is 6.01. The fourth-order valence-electron chi connectivity index (χ4n) is 1.59. The summed E-state index contributed by atoms with van der Waals surface area (Å²) in [6.45, 7) is 0.823. The Balaban J connectivity index is 1.95. The number of rotatable bonds is 4. The van der Waals surface area contributed by atoms with E-state index in [-0.39, 0.29) is 0 Å². The van der Waals surface area contributed by atoms with Crippen molar-refractivity contribution in [3.05, 3.63) is 45.9 Å². The Morgan fingerprint density at radius 1 is 1.47 bits per heavy atom. The largest absolute Gasteiger partial charge is 0.384 e. The third kappa shape index (κ3) is 3.01. The van der Waals surface area contributed by atoms with Crippen molar-refractivity contribution in [1.82, 2.24) is 9.55 Å². The van der Waals surface area contributed by atoms with Gasteiger partial charge < -0.3 is 9.88 Å². The first-order valence-electron chi connectivity index (χ1n) is 5.32. The van der Waals surface area contributed by atoms with Crippen LogP contribution in [0.2, 0.25) is 5.02 Å². The molecule has 3 nitrogen and oxygen atoms in total. The number of nitrogens with one attached hydrogen (secondary N) is 1. The average molecular weight is 315 g/mol. The van der Waals surface area contributed by atoms with E-state index in [9.17, 15) is 0 Å². The highest BCUT2D eigenvalue weighted by molar-refractivity contribution is 9.10. The van der Waals surface area contributed by atoms with Crippen LogP contribution in [0.1, 0.15) is 5.82 Å². The summed E-state index contributed by atoms with van der Waals surface area (Å²) < 4.78 is 2.93. The van der Waals surface area contributed by atoms with E-state index in [4.69, 9.17) is 11.6 Å². The highest BCUT2D eigenvalue weighted by Gasteiger charge is 2.03. The highest BCUT2D eigenvalue weighted by Crippen LogP contribution is 2.29. The second-order valence-electron chi connectivity index (χ2n) is 3.73. The minimum atomic E-state index is 0.715. The van der Waals surface area contributed by atoms with Gasteiger partial charge in [0.1, 0.15) is 5.82 Å². The third-order valence-corrected chi connectivity index (χ3v) is 3.93. The fraction of sp³-hybridized carbons (Fsp3) is 0.250. The molecule has 0 saturated carbocycles. The predicted octanol–water partition coefficient (Wildman–Crippen LogP) is 3.49. The summed E-state index contributed by atoms with van der Waals surface area (Å²) in [5.41, 5.74) is 1.01. The average Bonchev–Trinajstić information content (AvgIpc) is 2.71. The molecule has 5 heteroatoms. The van der Waals surface area contributed by atoms with E-state index in [1.165, 1.54) is 0 Å². The van der Waals surface area contributed by atoms with Crippen molar-refractivity contribution in [3.8, 4) is 0 Å². The van der Waals surface area contributed by atoms with Crippen LogP contribution >= 0.6 is 27.5 Å². The predicted molar refractivity (Wildman–Crippen MR) is 74.6 cm³/mol. The van der Waals surface area contributed by atoms with Crippen LogP contribution in [0.5, 0.6) is 0 Å². The monoisotopic (exact) mass is 313 g/mol. The molecule has 0 spiro atoms. The maximum Gasteiger partial charge on any atom is 0.110 e. The van der Waals surface area contributed by atoms with Crippen molar-refractivity contribution in [2.24, 2.45) is 7.05 Å². The zero-order chi connectivity index (χ0) is 12.3. The van der Waals surface area contributed by atoms with Crippen molar-refractivity contribution < 1.29 is 0 Å². The minimum absolute atomic E-state index is 0.715. The first kappa shape index (κ1) is 12.5. The first-order chi connectivity index (χ1) is 8.18. The Kier molecular flexibility index (Phi) is 4.07. The van der Waals surface area contributed by atoms with Crippen LogP contribution in [-0.4, -0.2) is 16.1 Å². The van der Waals surface area contributed by atoms with Crippen LogP contribution in [0, 0.1) is 0 Å². The van der Waals surface area contributed by atoms with E-state index in [0.717, 1.165) is 29.0 Å². The summed E-state index contributed by atoms with van der Waals surface area (Å²) >= 11 is 9.47. The molecule has 0 aliphatic rings. The molecule has 0 aliphatic heterocycles. The summed E-state index contributed by atoms with van der Waals surface area (Å²) in [5.74, 6) is 1.07. The van der Waals surface area contributed by atoms with Crippen LogP contribution in [0.4, 0.5) is 5.69 Å². The molecular formula is C12H13BrClN3. The SMILES string of the molecule is Cn1ccnc1CCNc1cccc(Cl)c1Br. The molecule has 0 aliphatic carbocycles. The number of hydrogen-bond donors (Lipinski definition) is 1. The number of aryl methyl sites for hydroxylation is 1. The number of benzene rings is 1. The Labute approximate surface area is 114 Å². The van der Waals surface area contributed by atoms with E-state index in [0.29, 0.717) is 5.02 Å². The van der Waals surface area contributed by atoms with Crippen molar-refractivity contribution in [2.75, 3.05) is 11.9 Å². The molecular weight excluding hydrogens is 302 g/mol. The Morgan fingerprint density at radius 2 is 2.29 bits per heavy atom. The number of hydrogen-bond acceptors (Lipinski definition) is 2. The second kappa shape index (κ2) is 5.56. The zero-order valence-corrected chi connectivity index (χ0v) is 11.8. The van der Waals surface area contributed by atoms with E-state index < -0.39 is 0 Å². The summed E-state index contributed by atoms with van der Waals surface area (Å²) in [5, 5.41) is 4.05. The molecule has 0 fully saturated rings. The van der Waals surface area contributed by atoms with Crippen molar-refractivity contribution in [3.63, 3.8) is 0 Å². The molecule has 1 aromatic heterocycles. The molecule has 0 saturated heterocycles. The number of halogens is 2. The van der Waals surface area contributed by atoms with Crippen molar-refractivity contribution >= 4 is 33.2 Å². The summed E-state index contributed by atoms with van der Waals surface area (Å²) in [7, 11) is 2.00. The fourth-order valence-corrected chi connectivity index (χ4v) is 2.17. The van der Waals surface area contributed by atoms with Gasteiger partial charge in [0.25, 0.3) is 0 Å². The van der Waals surface area contributed by atoms with Crippen LogP contribution in [0.25, 0.3) is 0 Å². The smallest absolute Gasteiger partial charge is 0.110 e. The molecule has 0 radical (unpaired) electrons. The molecule has 0 amide bonds. The van der Waals surface area contributed by atoms with Gasteiger partial charge in [0.2, 0.25) is 0 Å². The Morgan fingerprint density at radius 3 is 3.00 bits per heavy atom. The van der Waals surface area contributed by atoms with Crippen LogP contribution in [0.3, 0.4) is 0 Å². The molecule has 1 N–H and O–H groups in total. The molecule has 0 atom stereocenters. The van der Waals surface area contributed by atoms with Gasteiger partial charge in [-0.25, -0.2) is 4.98 Å². The van der Waals surface area contributed by atoms with Gasteiger partial charge in [-0.05, 0) is 28.1 Å². The maximum absolute atomic E-state index is 6.01. The molecule has 2 rings (SSSR count). The van der Waals surface area contributed by atoms with Gasteiger partial charge in [0.05, 0.1) is 9.50 Å². The van der Waals surface area contributed by atoms with Gasteiger partial charge in [-0.15, -0.1) is 0 Å². The number of anilines is 1. The van der Waals surface area contributed by atoms with Crippen molar-refractivity contribution in [1.29, 1.82) is 0 Å². The Hall–Kier alpha value is -1.000. The van der Waals surface area contributed by atoms with E-state index in [2.05, 4.69) is 26.2 Å². The van der Waals surface area contributed by atoms with Crippen LogP contribution in [0.15, 0.2) is 35.1 Å². The standard InChI is InChI=1S/C12H13BrClN3/c1-17-8-7-16-11(17)5-6-15-10-4-2-3-9(14)12(10)13/h2-4,7-8,15H,5-6H2,1H3. The van der Waals surface area contributed by atoms with E-state index in [1.807, 2.05) is 42.2 Å². The molecule has 1 heterocycles. The van der Waals surface area contributed by atoms with E-state index >= 15 is 0 Å².